The van der Waals surface area contributed by atoms with Gasteiger partial charge in [0.05, 0.1) is 5.75 Å². The van der Waals surface area contributed by atoms with E-state index in [4.69, 9.17) is 0 Å². The molecule has 0 aliphatic carbocycles. The molecule has 0 spiro atoms. The zero-order valence-corrected chi connectivity index (χ0v) is 16.9. The van der Waals surface area contributed by atoms with E-state index >= 15 is 0 Å². The van der Waals surface area contributed by atoms with Gasteiger partial charge in [0, 0.05) is 16.9 Å². The number of halogens is 2. The molecule has 4 nitrogen and oxygen atoms in total. The second-order valence-corrected chi connectivity index (χ2v) is 8.01. The lowest BCUT2D eigenvalue weighted by molar-refractivity contribution is -0.115. The number of hydrogen-bond donors (Lipinski definition) is 1. The van der Waals surface area contributed by atoms with Gasteiger partial charge in [0.1, 0.15) is 17.0 Å². The number of thioether (sulfide) groups is 1. The molecule has 0 radical (unpaired) electrons. The molecule has 1 aliphatic heterocycles. The highest BCUT2D eigenvalue weighted by atomic mass is 32.2. The molecule has 3 aromatic rings. The first-order valence-electron chi connectivity index (χ1n) is 9.29. The largest absolute Gasteiger partial charge is 0.322 e. The smallest absolute Gasteiger partial charge is 0.255 e. The van der Waals surface area contributed by atoms with E-state index < -0.39 is 5.82 Å². The van der Waals surface area contributed by atoms with Crippen molar-refractivity contribution in [3.63, 3.8) is 0 Å². The summed E-state index contributed by atoms with van der Waals surface area (Å²) in [5.74, 6) is -0.873. The van der Waals surface area contributed by atoms with Crippen LogP contribution in [-0.2, 0) is 4.79 Å². The maximum Gasteiger partial charge on any atom is 0.255 e. The van der Waals surface area contributed by atoms with Gasteiger partial charge in [-0.2, -0.15) is 0 Å². The average Bonchev–Trinajstić information content (AvgIpc) is 3.12. The Hall–Kier alpha value is -3.19. The first-order chi connectivity index (χ1) is 14.4. The quantitative estimate of drug-likeness (QED) is 0.618. The molecule has 30 heavy (non-hydrogen) atoms. The fraction of sp³-hybridized carbons (Fsp3) is 0.130. The summed E-state index contributed by atoms with van der Waals surface area (Å²) in [6, 6.07) is 17.2. The van der Waals surface area contributed by atoms with Gasteiger partial charge in [-0.3, -0.25) is 14.5 Å². The monoisotopic (exact) mass is 424 g/mol. The van der Waals surface area contributed by atoms with Crippen molar-refractivity contribution in [3.8, 4) is 0 Å². The maximum absolute atomic E-state index is 14.0. The third kappa shape index (κ3) is 4.07. The summed E-state index contributed by atoms with van der Waals surface area (Å²) in [5, 5.41) is 2.49. The van der Waals surface area contributed by atoms with Gasteiger partial charge in [-0.15, -0.1) is 11.8 Å². The van der Waals surface area contributed by atoms with Crippen molar-refractivity contribution in [2.75, 3.05) is 16.0 Å². The Bertz CT molecular complexity index is 1100. The molecule has 3 aromatic carbocycles. The van der Waals surface area contributed by atoms with Crippen molar-refractivity contribution < 1.29 is 18.4 Å². The van der Waals surface area contributed by atoms with Crippen LogP contribution in [-0.4, -0.2) is 17.6 Å². The van der Waals surface area contributed by atoms with Crippen LogP contribution in [0.4, 0.5) is 20.2 Å². The van der Waals surface area contributed by atoms with Crippen LogP contribution in [0.25, 0.3) is 0 Å². The van der Waals surface area contributed by atoms with E-state index in [1.54, 1.807) is 36.1 Å². The highest BCUT2D eigenvalue weighted by Gasteiger charge is 2.34. The van der Waals surface area contributed by atoms with Crippen LogP contribution < -0.4 is 10.2 Å². The molecule has 1 fully saturated rings. The summed E-state index contributed by atoms with van der Waals surface area (Å²) >= 11 is 1.47. The second kappa shape index (κ2) is 8.28. The van der Waals surface area contributed by atoms with Crippen LogP contribution in [0.1, 0.15) is 26.9 Å². The number of rotatable bonds is 4. The van der Waals surface area contributed by atoms with E-state index in [0.717, 1.165) is 5.56 Å². The van der Waals surface area contributed by atoms with E-state index in [1.165, 1.54) is 42.1 Å². The minimum atomic E-state index is -0.405. The third-order valence-electron chi connectivity index (χ3n) is 4.86. The number of amides is 2. The number of anilines is 2. The number of carbonyl (C=O) groups excluding carboxylic acids is 2. The molecule has 0 bridgehead atoms. The Morgan fingerprint density at radius 2 is 1.73 bits per heavy atom. The standard InChI is InChI=1S/C23H18F2N2O2S/c1-14-2-11-19(12-20(14)25)27-21(28)13-30-23(27)16-5-9-18(10-6-16)26-22(29)15-3-7-17(24)8-4-15/h2-12,23H,13H2,1H3,(H,26,29). The van der Waals surface area contributed by atoms with Crippen molar-refractivity contribution >= 4 is 35.0 Å². The topological polar surface area (TPSA) is 49.4 Å². The maximum atomic E-state index is 14.0. The molecule has 2 amide bonds. The molecule has 0 saturated carbocycles. The Balaban J connectivity index is 1.52. The number of aryl methyl sites for hydroxylation is 1. The van der Waals surface area contributed by atoms with E-state index in [-0.39, 0.29) is 23.0 Å². The number of benzene rings is 3. The SMILES string of the molecule is Cc1ccc(N2C(=O)CSC2c2ccc(NC(=O)c3ccc(F)cc3)cc2)cc1F. The summed E-state index contributed by atoms with van der Waals surface area (Å²) in [6.45, 7) is 1.68. The van der Waals surface area contributed by atoms with Gasteiger partial charge in [0.25, 0.3) is 5.91 Å². The Kier molecular flexibility index (Phi) is 5.55. The predicted octanol–water partition coefficient (Wildman–Crippen LogP) is 5.30. The molecule has 1 N–H and O–H groups in total. The fourth-order valence-corrected chi connectivity index (χ4v) is 4.39. The van der Waals surface area contributed by atoms with E-state index in [0.29, 0.717) is 28.3 Å². The molecule has 152 valence electrons. The van der Waals surface area contributed by atoms with Crippen LogP contribution >= 0.6 is 11.8 Å². The van der Waals surface area contributed by atoms with Gasteiger partial charge in [-0.1, -0.05) is 18.2 Å². The molecule has 7 heteroatoms. The summed E-state index contributed by atoms with van der Waals surface area (Å²) in [4.78, 5) is 26.3. The number of carbonyl (C=O) groups is 2. The molecule has 1 saturated heterocycles. The van der Waals surface area contributed by atoms with Gasteiger partial charge in [-0.25, -0.2) is 8.78 Å². The number of nitrogens with one attached hydrogen (secondary N) is 1. The zero-order valence-electron chi connectivity index (χ0n) is 16.1. The summed E-state index contributed by atoms with van der Waals surface area (Å²) in [5.41, 5.74) is 2.84. The van der Waals surface area contributed by atoms with Crippen molar-refractivity contribution in [1.29, 1.82) is 0 Å². The number of nitrogens with zero attached hydrogens (tertiary/aromatic N) is 1. The van der Waals surface area contributed by atoms with Crippen molar-refractivity contribution in [3.05, 3.63) is 95.1 Å². The van der Waals surface area contributed by atoms with Gasteiger partial charge in [0.2, 0.25) is 5.91 Å². The van der Waals surface area contributed by atoms with Crippen LogP contribution in [0, 0.1) is 18.6 Å². The lowest BCUT2D eigenvalue weighted by Gasteiger charge is -2.25. The molecular weight excluding hydrogens is 406 g/mol. The first-order valence-corrected chi connectivity index (χ1v) is 10.3. The van der Waals surface area contributed by atoms with Gasteiger partial charge in [-0.05, 0) is 66.6 Å². The molecule has 1 aliphatic rings. The van der Waals surface area contributed by atoms with Gasteiger partial charge in [0.15, 0.2) is 0 Å². The van der Waals surface area contributed by atoms with E-state index in [1.807, 2.05) is 12.1 Å². The van der Waals surface area contributed by atoms with Crippen molar-refractivity contribution in [1.82, 2.24) is 0 Å². The molecule has 0 aromatic heterocycles. The van der Waals surface area contributed by atoms with Crippen LogP contribution in [0.3, 0.4) is 0 Å². The highest BCUT2D eigenvalue weighted by Crippen LogP contribution is 2.42. The van der Waals surface area contributed by atoms with Gasteiger partial charge >= 0.3 is 0 Å². The molecule has 1 atom stereocenters. The Morgan fingerprint density at radius 3 is 2.40 bits per heavy atom. The lowest BCUT2D eigenvalue weighted by Crippen LogP contribution is -2.28. The molecular formula is C23H18F2N2O2S. The normalized spacial score (nSPS) is 16.0. The highest BCUT2D eigenvalue weighted by molar-refractivity contribution is 8.00. The first kappa shape index (κ1) is 20.1. The van der Waals surface area contributed by atoms with Crippen molar-refractivity contribution in [2.24, 2.45) is 0 Å². The van der Waals surface area contributed by atoms with Gasteiger partial charge < -0.3 is 5.32 Å². The van der Waals surface area contributed by atoms with Crippen molar-refractivity contribution in [2.45, 2.75) is 12.3 Å². The second-order valence-electron chi connectivity index (χ2n) is 6.94. The zero-order chi connectivity index (χ0) is 21.3. The van der Waals surface area contributed by atoms with Crippen LogP contribution in [0.5, 0.6) is 0 Å². The Labute approximate surface area is 176 Å². The third-order valence-corrected chi connectivity index (χ3v) is 6.07. The number of hydrogen-bond acceptors (Lipinski definition) is 3. The minimum Gasteiger partial charge on any atom is -0.322 e. The fourth-order valence-electron chi connectivity index (χ4n) is 3.22. The molecule has 1 unspecified atom stereocenters. The van der Waals surface area contributed by atoms with E-state index in [9.17, 15) is 18.4 Å². The summed E-state index contributed by atoms with van der Waals surface area (Å²) in [7, 11) is 0. The predicted molar refractivity (Wildman–Crippen MR) is 115 cm³/mol. The summed E-state index contributed by atoms with van der Waals surface area (Å²) in [6.07, 6.45) is 0. The average molecular weight is 424 g/mol. The lowest BCUT2D eigenvalue weighted by atomic mass is 10.1. The van der Waals surface area contributed by atoms with Crippen LogP contribution in [0.2, 0.25) is 0 Å². The minimum absolute atomic E-state index is 0.0815. The molecule has 4 rings (SSSR count). The molecule has 1 heterocycles. The Morgan fingerprint density at radius 1 is 1.03 bits per heavy atom. The van der Waals surface area contributed by atoms with E-state index in [2.05, 4.69) is 5.32 Å². The summed E-state index contributed by atoms with van der Waals surface area (Å²) < 4.78 is 27.0. The van der Waals surface area contributed by atoms with Crippen LogP contribution in [0.15, 0.2) is 66.7 Å².